The van der Waals surface area contributed by atoms with E-state index in [1.165, 1.54) is 6.20 Å². The molecule has 1 saturated heterocycles. The number of nitrogens with zero attached hydrogens (tertiary/aromatic N) is 3. The number of benzene rings is 1. The van der Waals surface area contributed by atoms with Gasteiger partial charge >= 0.3 is 0 Å². The Hall–Kier alpha value is -1.81. The molecule has 0 bridgehead atoms. The first-order valence-corrected chi connectivity index (χ1v) is 8.35. The SMILES string of the molecule is O=S1(=O)C[C@@H](O)[C@H](O)[C@@H](O)[C@@H]1n1cc(-c2ccccc2)nn1. The third kappa shape index (κ3) is 2.52. The highest BCUT2D eigenvalue weighted by molar-refractivity contribution is 7.91. The highest BCUT2D eigenvalue weighted by atomic mass is 32.2. The van der Waals surface area contributed by atoms with E-state index in [0.717, 1.165) is 10.2 Å². The summed E-state index contributed by atoms with van der Waals surface area (Å²) in [5, 5.41) is 35.4. The van der Waals surface area contributed by atoms with E-state index in [0.29, 0.717) is 5.69 Å². The minimum absolute atomic E-state index is 0.448. The summed E-state index contributed by atoms with van der Waals surface area (Å²) in [5.74, 6) is -0.642. The van der Waals surface area contributed by atoms with Gasteiger partial charge in [-0.1, -0.05) is 35.5 Å². The second kappa shape index (κ2) is 5.43. The summed E-state index contributed by atoms with van der Waals surface area (Å²) < 4.78 is 25.4. The number of hydrogen-bond acceptors (Lipinski definition) is 7. The second-order valence-corrected chi connectivity index (χ2v) is 7.36. The Morgan fingerprint density at radius 2 is 1.77 bits per heavy atom. The van der Waals surface area contributed by atoms with Gasteiger partial charge in [-0.25, -0.2) is 13.1 Å². The molecule has 0 unspecified atom stereocenters. The Labute approximate surface area is 126 Å². The first-order chi connectivity index (χ1) is 10.4. The van der Waals surface area contributed by atoms with Gasteiger partial charge in [-0.3, -0.25) is 0 Å². The number of rotatable bonds is 2. The number of aliphatic hydroxyl groups excluding tert-OH is 3. The molecule has 1 aromatic carbocycles. The summed E-state index contributed by atoms with van der Waals surface area (Å²) in [5.41, 5.74) is 1.20. The van der Waals surface area contributed by atoms with Crippen molar-refractivity contribution in [3.63, 3.8) is 0 Å². The van der Waals surface area contributed by atoms with Crippen molar-refractivity contribution in [1.29, 1.82) is 0 Å². The van der Waals surface area contributed by atoms with Crippen LogP contribution in [0, 0.1) is 0 Å². The lowest BCUT2D eigenvalue weighted by molar-refractivity contribution is -0.0675. The van der Waals surface area contributed by atoms with Crippen molar-refractivity contribution in [2.45, 2.75) is 23.7 Å². The van der Waals surface area contributed by atoms with Gasteiger partial charge in [0.1, 0.15) is 17.9 Å². The van der Waals surface area contributed by atoms with Gasteiger partial charge in [-0.2, -0.15) is 0 Å². The van der Waals surface area contributed by atoms with Crippen LogP contribution in [0.4, 0.5) is 0 Å². The van der Waals surface area contributed by atoms with E-state index < -0.39 is 39.3 Å². The van der Waals surface area contributed by atoms with Gasteiger partial charge in [0, 0.05) is 5.56 Å². The fraction of sp³-hybridized carbons (Fsp3) is 0.385. The van der Waals surface area contributed by atoms with Crippen LogP contribution in [0.1, 0.15) is 5.37 Å². The molecule has 3 rings (SSSR count). The molecule has 1 fully saturated rings. The zero-order chi connectivity index (χ0) is 15.9. The summed E-state index contributed by atoms with van der Waals surface area (Å²) in [7, 11) is -3.88. The number of aliphatic hydroxyl groups is 3. The Bertz CT molecular complexity index is 761. The molecule has 1 aromatic heterocycles. The maximum Gasteiger partial charge on any atom is 0.183 e. The molecule has 3 N–H and O–H groups in total. The third-order valence-corrected chi connectivity index (χ3v) is 5.68. The Morgan fingerprint density at radius 1 is 1.09 bits per heavy atom. The molecule has 0 spiro atoms. The molecule has 4 atom stereocenters. The van der Waals surface area contributed by atoms with Gasteiger partial charge < -0.3 is 15.3 Å². The summed E-state index contributed by atoms with van der Waals surface area (Å²) >= 11 is 0. The van der Waals surface area contributed by atoms with Crippen LogP contribution in [0.5, 0.6) is 0 Å². The van der Waals surface area contributed by atoms with Crippen molar-refractivity contribution >= 4 is 9.84 Å². The third-order valence-electron chi connectivity index (χ3n) is 3.65. The van der Waals surface area contributed by atoms with Crippen molar-refractivity contribution in [3.05, 3.63) is 36.5 Å². The van der Waals surface area contributed by atoms with E-state index in [1.807, 2.05) is 6.07 Å². The highest BCUT2D eigenvalue weighted by Gasteiger charge is 2.48. The molecule has 8 nitrogen and oxygen atoms in total. The summed E-state index contributed by atoms with van der Waals surface area (Å²) in [6.07, 6.45) is -3.36. The highest BCUT2D eigenvalue weighted by Crippen LogP contribution is 2.30. The van der Waals surface area contributed by atoms with Crippen molar-refractivity contribution in [2.75, 3.05) is 5.75 Å². The van der Waals surface area contributed by atoms with E-state index in [1.54, 1.807) is 24.3 Å². The number of hydrogen-bond donors (Lipinski definition) is 3. The largest absolute Gasteiger partial charge is 0.389 e. The van der Waals surface area contributed by atoms with Crippen molar-refractivity contribution in [2.24, 2.45) is 0 Å². The predicted octanol–water partition coefficient (Wildman–Crippen LogP) is -1.05. The molecule has 2 aromatic rings. The van der Waals surface area contributed by atoms with E-state index in [2.05, 4.69) is 10.3 Å². The average Bonchev–Trinajstić information content (AvgIpc) is 2.94. The fourth-order valence-electron chi connectivity index (χ4n) is 2.51. The van der Waals surface area contributed by atoms with Crippen LogP contribution in [0.25, 0.3) is 11.3 Å². The van der Waals surface area contributed by atoms with Gasteiger partial charge in [0.2, 0.25) is 0 Å². The van der Waals surface area contributed by atoms with Crippen LogP contribution >= 0.6 is 0 Å². The molecule has 1 aliphatic heterocycles. The van der Waals surface area contributed by atoms with Crippen LogP contribution in [0.2, 0.25) is 0 Å². The lowest BCUT2D eigenvalue weighted by atomic mass is 10.1. The van der Waals surface area contributed by atoms with Crippen molar-refractivity contribution < 1.29 is 23.7 Å². The molecular formula is C13H15N3O5S. The second-order valence-electron chi connectivity index (χ2n) is 5.22. The van der Waals surface area contributed by atoms with E-state index >= 15 is 0 Å². The molecule has 0 aliphatic carbocycles. The molecular weight excluding hydrogens is 310 g/mol. The van der Waals surface area contributed by atoms with Gasteiger partial charge in [0.25, 0.3) is 0 Å². The monoisotopic (exact) mass is 325 g/mol. The van der Waals surface area contributed by atoms with E-state index in [4.69, 9.17) is 0 Å². The van der Waals surface area contributed by atoms with Crippen LogP contribution in [0.3, 0.4) is 0 Å². The molecule has 2 heterocycles. The van der Waals surface area contributed by atoms with Crippen LogP contribution in [-0.2, 0) is 9.84 Å². The van der Waals surface area contributed by atoms with Gasteiger partial charge in [0.15, 0.2) is 15.2 Å². The Kier molecular flexibility index (Phi) is 3.73. The minimum atomic E-state index is -3.88. The minimum Gasteiger partial charge on any atom is -0.389 e. The zero-order valence-electron chi connectivity index (χ0n) is 11.4. The summed E-state index contributed by atoms with van der Waals surface area (Å²) in [6.45, 7) is 0. The topological polar surface area (TPSA) is 126 Å². The van der Waals surface area contributed by atoms with Gasteiger partial charge in [-0.05, 0) is 0 Å². The molecule has 22 heavy (non-hydrogen) atoms. The lowest BCUT2D eigenvalue weighted by Crippen LogP contribution is -2.54. The van der Waals surface area contributed by atoms with E-state index in [9.17, 15) is 23.7 Å². The van der Waals surface area contributed by atoms with Gasteiger partial charge in [-0.15, -0.1) is 5.10 Å². The summed E-state index contributed by atoms with van der Waals surface area (Å²) in [6, 6.07) is 9.03. The van der Waals surface area contributed by atoms with E-state index in [-0.39, 0.29) is 0 Å². The summed E-state index contributed by atoms with van der Waals surface area (Å²) in [4.78, 5) is 0. The predicted molar refractivity (Wildman–Crippen MR) is 76.3 cm³/mol. The molecule has 1 aliphatic rings. The molecule has 9 heteroatoms. The quantitative estimate of drug-likeness (QED) is 0.643. The first kappa shape index (κ1) is 15.1. The molecule has 0 radical (unpaired) electrons. The number of aromatic nitrogens is 3. The average molecular weight is 325 g/mol. The maximum atomic E-state index is 12.2. The fourth-order valence-corrected chi connectivity index (χ4v) is 4.40. The molecule has 0 saturated carbocycles. The van der Waals surface area contributed by atoms with Crippen molar-refractivity contribution in [3.8, 4) is 11.3 Å². The lowest BCUT2D eigenvalue weighted by Gasteiger charge is -2.34. The van der Waals surface area contributed by atoms with Crippen LogP contribution < -0.4 is 0 Å². The van der Waals surface area contributed by atoms with Gasteiger partial charge in [0.05, 0.1) is 18.1 Å². The van der Waals surface area contributed by atoms with Crippen LogP contribution in [-0.4, -0.2) is 62.8 Å². The Morgan fingerprint density at radius 3 is 2.45 bits per heavy atom. The number of sulfone groups is 1. The maximum absolute atomic E-state index is 12.2. The smallest absolute Gasteiger partial charge is 0.183 e. The standard InChI is InChI=1S/C13H15N3O5S/c17-10-7-22(20,21)13(12(19)11(10)18)16-6-9(14-15-16)8-4-2-1-3-5-8/h1-6,10-13,17-19H,7H2/t10-,11+,12-,13-/m1/s1. The Balaban J connectivity index is 1.98. The first-order valence-electron chi connectivity index (χ1n) is 6.63. The molecule has 118 valence electrons. The van der Waals surface area contributed by atoms with Crippen molar-refractivity contribution in [1.82, 2.24) is 15.0 Å². The molecule has 0 amide bonds. The normalized spacial score (nSPS) is 31.0. The zero-order valence-corrected chi connectivity index (χ0v) is 12.2. The van der Waals surface area contributed by atoms with Crippen LogP contribution in [0.15, 0.2) is 36.5 Å².